The Kier molecular flexibility index (Phi) is 5.68. The minimum Gasteiger partial charge on any atom is -0.467 e. The minimum atomic E-state index is -0.728. The molecule has 0 aliphatic heterocycles. The lowest BCUT2D eigenvalue weighted by Gasteiger charge is -2.11. The molecular weight excluding hydrogens is 301 g/mol. The first-order valence-electron chi connectivity index (χ1n) is 6.98. The van der Waals surface area contributed by atoms with E-state index in [2.05, 4.69) is 5.32 Å². The summed E-state index contributed by atoms with van der Waals surface area (Å²) in [5.41, 5.74) is 0.264. The summed E-state index contributed by atoms with van der Waals surface area (Å²) in [5.74, 6) is -1.03. The van der Waals surface area contributed by atoms with Crippen LogP contribution in [0.3, 0.4) is 0 Å². The van der Waals surface area contributed by atoms with E-state index in [1.54, 1.807) is 31.2 Å². The first-order valence-corrected chi connectivity index (χ1v) is 6.98. The highest BCUT2D eigenvalue weighted by Gasteiger charge is 2.12. The lowest BCUT2D eigenvalue weighted by Crippen LogP contribution is -2.30. The zero-order chi connectivity index (χ0) is 16.7. The van der Waals surface area contributed by atoms with Crippen molar-refractivity contribution in [1.29, 1.82) is 0 Å². The van der Waals surface area contributed by atoms with E-state index in [4.69, 9.17) is 9.15 Å². The fraction of sp³-hybridized carbons (Fsp3) is 0.176. The predicted octanol–water partition coefficient (Wildman–Crippen LogP) is 2.85. The highest BCUT2D eigenvalue weighted by atomic mass is 19.1. The van der Waals surface area contributed by atoms with Gasteiger partial charge in [-0.25, -0.2) is 9.18 Å². The molecule has 0 unspecified atom stereocenters. The number of carbonyl (C=O) groups excluding carboxylic acids is 2. The monoisotopic (exact) mass is 317 g/mol. The third kappa shape index (κ3) is 5.10. The van der Waals surface area contributed by atoms with Crippen LogP contribution in [0, 0.1) is 5.82 Å². The Hall–Kier alpha value is -2.89. The third-order valence-electron chi connectivity index (χ3n) is 3.00. The van der Waals surface area contributed by atoms with Crippen LogP contribution >= 0.6 is 0 Å². The maximum Gasteiger partial charge on any atom is 0.331 e. The van der Waals surface area contributed by atoms with Crippen LogP contribution in [0.1, 0.15) is 24.3 Å². The molecule has 5 nitrogen and oxygen atoms in total. The van der Waals surface area contributed by atoms with Gasteiger partial charge in [0.1, 0.15) is 11.6 Å². The molecule has 2 rings (SSSR count). The SMILES string of the molecule is C[C@@H](NC(=O)COC(=O)/C=C/c1ccccc1F)c1ccco1. The summed E-state index contributed by atoms with van der Waals surface area (Å²) in [4.78, 5) is 23.2. The Labute approximate surface area is 132 Å². The molecule has 1 atom stereocenters. The summed E-state index contributed by atoms with van der Waals surface area (Å²) in [6.07, 6.45) is 3.87. The third-order valence-corrected chi connectivity index (χ3v) is 3.00. The number of halogens is 1. The highest BCUT2D eigenvalue weighted by molar-refractivity contribution is 5.89. The van der Waals surface area contributed by atoms with Gasteiger partial charge in [0, 0.05) is 11.6 Å². The van der Waals surface area contributed by atoms with Gasteiger partial charge in [-0.05, 0) is 31.2 Å². The van der Waals surface area contributed by atoms with Gasteiger partial charge in [0.15, 0.2) is 6.61 Å². The zero-order valence-corrected chi connectivity index (χ0v) is 12.5. The van der Waals surface area contributed by atoms with Crippen molar-refractivity contribution in [2.75, 3.05) is 6.61 Å². The fourth-order valence-corrected chi connectivity index (χ4v) is 1.84. The van der Waals surface area contributed by atoms with Gasteiger partial charge in [-0.15, -0.1) is 0 Å². The summed E-state index contributed by atoms with van der Waals surface area (Å²) >= 11 is 0. The summed E-state index contributed by atoms with van der Waals surface area (Å²) in [7, 11) is 0. The standard InChI is InChI=1S/C17H16FNO4/c1-12(15-7-4-10-22-15)19-16(20)11-23-17(21)9-8-13-5-2-3-6-14(13)18/h2-10,12H,11H2,1H3,(H,19,20)/b9-8+/t12-/m1/s1. The van der Waals surface area contributed by atoms with Crippen LogP contribution in [0.15, 0.2) is 53.2 Å². The van der Waals surface area contributed by atoms with Gasteiger partial charge in [-0.2, -0.15) is 0 Å². The molecule has 1 amide bonds. The highest BCUT2D eigenvalue weighted by Crippen LogP contribution is 2.11. The Bertz CT molecular complexity index is 694. The molecular formula is C17H16FNO4. The van der Waals surface area contributed by atoms with Crippen molar-refractivity contribution in [2.45, 2.75) is 13.0 Å². The average molecular weight is 317 g/mol. The number of hydrogen-bond acceptors (Lipinski definition) is 4. The summed E-state index contributed by atoms with van der Waals surface area (Å²) in [6, 6.07) is 9.13. The van der Waals surface area contributed by atoms with Gasteiger partial charge in [0.2, 0.25) is 0 Å². The van der Waals surface area contributed by atoms with Gasteiger partial charge < -0.3 is 14.5 Å². The molecule has 0 fully saturated rings. The molecule has 1 heterocycles. The molecule has 0 aliphatic rings. The average Bonchev–Trinajstić information content (AvgIpc) is 3.06. The lowest BCUT2D eigenvalue weighted by molar-refractivity contribution is -0.144. The number of furan rings is 1. The topological polar surface area (TPSA) is 68.5 Å². The zero-order valence-electron chi connectivity index (χ0n) is 12.5. The van der Waals surface area contributed by atoms with Crippen LogP contribution in [-0.4, -0.2) is 18.5 Å². The van der Waals surface area contributed by atoms with E-state index >= 15 is 0 Å². The molecule has 0 bridgehead atoms. The molecule has 23 heavy (non-hydrogen) atoms. The molecule has 2 aromatic rings. The van der Waals surface area contributed by atoms with E-state index in [0.717, 1.165) is 6.08 Å². The Morgan fingerprint density at radius 1 is 1.30 bits per heavy atom. The van der Waals surface area contributed by atoms with E-state index in [1.807, 2.05) is 0 Å². The van der Waals surface area contributed by atoms with E-state index in [9.17, 15) is 14.0 Å². The van der Waals surface area contributed by atoms with Crippen LogP contribution in [-0.2, 0) is 14.3 Å². The Balaban J connectivity index is 1.78. The molecule has 120 valence electrons. The van der Waals surface area contributed by atoms with Crippen molar-refractivity contribution in [1.82, 2.24) is 5.32 Å². The second kappa shape index (κ2) is 7.93. The van der Waals surface area contributed by atoms with Crippen molar-refractivity contribution in [3.05, 3.63) is 65.9 Å². The quantitative estimate of drug-likeness (QED) is 0.657. The van der Waals surface area contributed by atoms with E-state index < -0.39 is 24.3 Å². The molecule has 6 heteroatoms. The number of amides is 1. The van der Waals surface area contributed by atoms with Crippen LogP contribution in [0.5, 0.6) is 0 Å². The van der Waals surface area contributed by atoms with Gasteiger partial charge >= 0.3 is 5.97 Å². The van der Waals surface area contributed by atoms with Crippen molar-refractivity contribution >= 4 is 18.0 Å². The number of esters is 1. The second-order valence-electron chi connectivity index (χ2n) is 4.77. The number of nitrogens with one attached hydrogen (secondary N) is 1. The molecule has 0 saturated heterocycles. The Morgan fingerprint density at radius 3 is 2.78 bits per heavy atom. The number of carbonyl (C=O) groups is 2. The van der Waals surface area contributed by atoms with E-state index in [1.165, 1.54) is 24.5 Å². The summed E-state index contributed by atoms with van der Waals surface area (Å²) < 4.78 is 23.3. The predicted molar refractivity (Wildman–Crippen MR) is 81.7 cm³/mol. The molecule has 1 N–H and O–H groups in total. The lowest BCUT2D eigenvalue weighted by atomic mass is 10.2. The first kappa shape index (κ1) is 16.5. The van der Waals surface area contributed by atoms with Crippen molar-refractivity contribution in [2.24, 2.45) is 0 Å². The Morgan fingerprint density at radius 2 is 2.09 bits per heavy atom. The number of rotatable bonds is 6. The maximum absolute atomic E-state index is 13.4. The van der Waals surface area contributed by atoms with E-state index in [0.29, 0.717) is 5.76 Å². The summed E-state index contributed by atoms with van der Waals surface area (Å²) in [6.45, 7) is 1.32. The maximum atomic E-state index is 13.4. The van der Waals surface area contributed by atoms with Crippen molar-refractivity contribution in [3.63, 3.8) is 0 Å². The summed E-state index contributed by atoms with van der Waals surface area (Å²) in [5, 5.41) is 2.63. The van der Waals surface area contributed by atoms with Gasteiger partial charge in [0.05, 0.1) is 12.3 Å². The normalized spacial score (nSPS) is 12.1. The molecule has 0 aliphatic carbocycles. The molecule has 1 aromatic carbocycles. The van der Waals surface area contributed by atoms with Crippen LogP contribution in [0.25, 0.3) is 6.08 Å². The molecule has 0 radical (unpaired) electrons. The van der Waals surface area contributed by atoms with Gasteiger partial charge in [-0.1, -0.05) is 18.2 Å². The van der Waals surface area contributed by atoms with Gasteiger partial charge in [0.25, 0.3) is 5.91 Å². The first-order chi connectivity index (χ1) is 11.1. The molecule has 1 aromatic heterocycles. The minimum absolute atomic E-state index is 0.264. The molecule has 0 spiro atoms. The number of hydrogen-bond donors (Lipinski definition) is 1. The van der Waals surface area contributed by atoms with Crippen LogP contribution in [0.4, 0.5) is 4.39 Å². The van der Waals surface area contributed by atoms with Gasteiger partial charge in [-0.3, -0.25) is 4.79 Å². The molecule has 0 saturated carbocycles. The number of ether oxygens (including phenoxy) is 1. The second-order valence-corrected chi connectivity index (χ2v) is 4.77. The van der Waals surface area contributed by atoms with E-state index in [-0.39, 0.29) is 11.6 Å². The smallest absolute Gasteiger partial charge is 0.331 e. The largest absolute Gasteiger partial charge is 0.467 e. The van der Waals surface area contributed by atoms with Crippen molar-refractivity contribution in [3.8, 4) is 0 Å². The number of benzene rings is 1. The van der Waals surface area contributed by atoms with Crippen LogP contribution in [0.2, 0.25) is 0 Å². The van der Waals surface area contributed by atoms with Crippen LogP contribution < -0.4 is 5.32 Å². The fourth-order valence-electron chi connectivity index (χ4n) is 1.84. The van der Waals surface area contributed by atoms with Crippen molar-refractivity contribution < 1.29 is 23.1 Å².